The zero-order valence-corrected chi connectivity index (χ0v) is 11.6. The van der Waals surface area contributed by atoms with Crippen molar-refractivity contribution >= 4 is 16.6 Å². The molecule has 20 heavy (non-hydrogen) atoms. The number of nitriles is 1. The summed E-state index contributed by atoms with van der Waals surface area (Å²) in [4.78, 5) is 6.60. The second kappa shape index (κ2) is 5.10. The van der Waals surface area contributed by atoms with Crippen LogP contribution >= 0.6 is 0 Å². The third-order valence-corrected chi connectivity index (χ3v) is 4.20. The number of rotatable bonds is 1. The number of nitrogens with zero attached hydrogens (tertiary/aromatic N) is 3. The molecule has 1 aromatic heterocycles. The molecule has 2 heterocycles. The van der Waals surface area contributed by atoms with E-state index >= 15 is 0 Å². The van der Waals surface area contributed by atoms with E-state index in [1.54, 1.807) is 6.20 Å². The van der Waals surface area contributed by atoms with Gasteiger partial charge in [-0.25, -0.2) is 0 Å². The van der Waals surface area contributed by atoms with Gasteiger partial charge in [-0.3, -0.25) is 4.98 Å². The van der Waals surface area contributed by atoms with E-state index in [-0.39, 0.29) is 6.04 Å². The number of nitrogens with two attached hydrogens (primary N) is 1. The number of pyridine rings is 1. The Labute approximate surface area is 118 Å². The maximum atomic E-state index is 9.38. The summed E-state index contributed by atoms with van der Waals surface area (Å²) in [6, 6.07) is 10.4. The molecule has 1 aromatic carbocycles. The predicted octanol–water partition coefficient (Wildman–Crippen LogP) is 2.28. The van der Waals surface area contributed by atoms with Crippen molar-refractivity contribution in [3.8, 4) is 6.07 Å². The van der Waals surface area contributed by atoms with E-state index in [9.17, 15) is 5.26 Å². The number of hydrogen-bond acceptors (Lipinski definition) is 4. The van der Waals surface area contributed by atoms with E-state index in [1.807, 2.05) is 24.3 Å². The molecular weight excluding hydrogens is 248 g/mol. The molecule has 102 valence electrons. The zero-order valence-electron chi connectivity index (χ0n) is 11.6. The van der Waals surface area contributed by atoms with Crippen LogP contribution in [0.2, 0.25) is 0 Å². The van der Waals surface area contributed by atoms with Crippen molar-refractivity contribution in [3.63, 3.8) is 0 Å². The largest absolute Gasteiger partial charge is 0.368 e. The minimum absolute atomic E-state index is 0.155. The summed E-state index contributed by atoms with van der Waals surface area (Å²) in [7, 11) is 0. The van der Waals surface area contributed by atoms with Crippen LogP contribution in [0.1, 0.15) is 18.9 Å². The van der Waals surface area contributed by atoms with Crippen LogP contribution in [0.3, 0.4) is 0 Å². The zero-order chi connectivity index (χ0) is 14.1. The summed E-state index contributed by atoms with van der Waals surface area (Å²) < 4.78 is 0. The minimum Gasteiger partial charge on any atom is -0.368 e. The van der Waals surface area contributed by atoms with Crippen molar-refractivity contribution in [2.45, 2.75) is 19.4 Å². The fourth-order valence-corrected chi connectivity index (χ4v) is 2.85. The molecule has 1 aliphatic heterocycles. The first-order valence-electron chi connectivity index (χ1n) is 6.99. The van der Waals surface area contributed by atoms with Gasteiger partial charge in [0, 0.05) is 30.7 Å². The van der Waals surface area contributed by atoms with Gasteiger partial charge in [-0.05, 0) is 18.4 Å². The van der Waals surface area contributed by atoms with Gasteiger partial charge in [-0.2, -0.15) is 5.26 Å². The van der Waals surface area contributed by atoms with Crippen LogP contribution in [-0.2, 0) is 0 Å². The van der Waals surface area contributed by atoms with Crippen LogP contribution in [0.4, 0.5) is 5.69 Å². The van der Waals surface area contributed by atoms with E-state index < -0.39 is 0 Å². The molecule has 1 saturated heterocycles. The van der Waals surface area contributed by atoms with Crippen LogP contribution < -0.4 is 10.6 Å². The van der Waals surface area contributed by atoms with E-state index in [0.29, 0.717) is 11.5 Å². The molecule has 0 radical (unpaired) electrons. The quantitative estimate of drug-likeness (QED) is 0.860. The summed E-state index contributed by atoms with van der Waals surface area (Å²) in [6.07, 6.45) is 2.73. The molecule has 3 rings (SSSR count). The highest BCUT2D eigenvalue weighted by atomic mass is 15.2. The molecule has 2 unspecified atom stereocenters. The molecule has 2 atom stereocenters. The minimum atomic E-state index is 0.155. The number of anilines is 1. The van der Waals surface area contributed by atoms with Crippen molar-refractivity contribution in [2.75, 3.05) is 18.0 Å². The second-order valence-corrected chi connectivity index (χ2v) is 5.53. The van der Waals surface area contributed by atoms with Crippen molar-refractivity contribution < 1.29 is 0 Å². The number of aromatic nitrogens is 1. The van der Waals surface area contributed by atoms with E-state index in [0.717, 1.165) is 36.1 Å². The summed E-state index contributed by atoms with van der Waals surface area (Å²) in [6.45, 7) is 3.93. The van der Waals surface area contributed by atoms with Crippen molar-refractivity contribution in [2.24, 2.45) is 11.7 Å². The SMILES string of the molecule is CC1CCN(c2c(C#N)cnc3ccccc23)CC1N. The maximum absolute atomic E-state index is 9.38. The Morgan fingerprint density at radius 1 is 1.40 bits per heavy atom. The molecule has 0 saturated carbocycles. The first kappa shape index (κ1) is 12.9. The predicted molar refractivity (Wildman–Crippen MR) is 80.4 cm³/mol. The number of benzene rings is 1. The van der Waals surface area contributed by atoms with Crippen LogP contribution in [-0.4, -0.2) is 24.1 Å². The van der Waals surface area contributed by atoms with Crippen molar-refractivity contribution in [1.29, 1.82) is 5.26 Å². The first-order chi connectivity index (χ1) is 9.70. The summed E-state index contributed by atoms with van der Waals surface area (Å²) in [5, 5.41) is 10.4. The van der Waals surface area contributed by atoms with Gasteiger partial charge in [0.1, 0.15) is 6.07 Å². The standard InChI is InChI=1S/C16H18N4/c1-11-6-7-20(10-14(11)18)16-12(8-17)9-19-15-5-3-2-4-13(15)16/h2-5,9,11,14H,6-7,10,18H2,1H3. The Morgan fingerprint density at radius 2 is 2.20 bits per heavy atom. The smallest absolute Gasteiger partial charge is 0.103 e. The van der Waals surface area contributed by atoms with Crippen molar-refractivity contribution in [3.05, 3.63) is 36.0 Å². The van der Waals surface area contributed by atoms with Crippen LogP contribution in [0.15, 0.2) is 30.5 Å². The molecule has 2 aromatic rings. The number of para-hydroxylation sites is 1. The van der Waals surface area contributed by atoms with Gasteiger partial charge in [-0.15, -0.1) is 0 Å². The van der Waals surface area contributed by atoms with Gasteiger partial charge in [0.05, 0.1) is 16.8 Å². The van der Waals surface area contributed by atoms with E-state index in [2.05, 4.69) is 22.9 Å². The molecule has 4 nitrogen and oxygen atoms in total. The van der Waals surface area contributed by atoms with Crippen molar-refractivity contribution in [1.82, 2.24) is 4.98 Å². The fraction of sp³-hybridized carbons (Fsp3) is 0.375. The van der Waals surface area contributed by atoms with Gasteiger partial charge in [-0.1, -0.05) is 25.1 Å². The van der Waals surface area contributed by atoms with Gasteiger partial charge in [0.2, 0.25) is 0 Å². The highest BCUT2D eigenvalue weighted by molar-refractivity contribution is 5.94. The Hall–Kier alpha value is -2.12. The van der Waals surface area contributed by atoms with Crippen LogP contribution in [0, 0.1) is 17.2 Å². The van der Waals surface area contributed by atoms with E-state index in [1.165, 1.54) is 0 Å². The average molecular weight is 266 g/mol. The highest BCUT2D eigenvalue weighted by Crippen LogP contribution is 2.31. The Balaban J connectivity index is 2.12. The van der Waals surface area contributed by atoms with Gasteiger partial charge in [0.25, 0.3) is 0 Å². The normalized spacial score (nSPS) is 22.8. The lowest BCUT2D eigenvalue weighted by Crippen LogP contribution is -2.47. The summed E-state index contributed by atoms with van der Waals surface area (Å²) >= 11 is 0. The van der Waals surface area contributed by atoms with Gasteiger partial charge < -0.3 is 10.6 Å². The molecule has 0 aliphatic carbocycles. The Morgan fingerprint density at radius 3 is 2.95 bits per heavy atom. The van der Waals surface area contributed by atoms with E-state index in [4.69, 9.17) is 5.73 Å². The second-order valence-electron chi connectivity index (χ2n) is 5.53. The average Bonchev–Trinajstić information content (AvgIpc) is 2.49. The lowest BCUT2D eigenvalue weighted by atomic mass is 9.93. The Kier molecular flexibility index (Phi) is 3.29. The number of hydrogen-bond donors (Lipinski definition) is 1. The fourth-order valence-electron chi connectivity index (χ4n) is 2.85. The van der Waals surface area contributed by atoms with Crippen LogP contribution in [0.25, 0.3) is 10.9 Å². The molecule has 4 heteroatoms. The first-order valence-corrected chi connectivity index (χ1v) is 6.99. The molecular formula is C16H18N4. The molecule has 2 N–H and O–H groups in total. The molecule has 0 amide bonds. The molecule has 0 spiro atoms. The van der Waals surface area contributed by atoms with Gasteiger partial charge in [0.15, 0.2) is 0 Å². The topological polar surface area (TPSA) is 65.9 Å². The number of fused-ring (bicyclic) bond motifs is 1. The Bertz CT molecular complexity index is 674. The highest BCUT2D eigenvalue weighted by Gasteiger charge is 2.26. The molecule has 0 bridgehead atoms. The third kappa shape index (κ3) is 2.10. The summed E-state index contributed by atoms with van der Waals surface area (Å²) in [5.74, 6) is 0.532. The van der Waals surface area contributed by atoms with Gasteiger partial charge >= 0.3 is 0 Å². The summed E-state index contributed by atoms with van der Waals surface area (Å²) in [5.41, 5.74) is 8.74. The third-order valence-electron chi connectivity index (χ3n) is 4.20. The monoisotopic (exact) mass is 266 g/mol. The molecule has 1 aliphatic rings. The maximum Gasteiger partial charge on any atom is 0.103 e. The lowest BCUT2D eigenvalue weighted by Gasteiger charge is -2.37. The van der Waals surface area contributed by atoms with Crippen LogP contribution in [0.5, 0.6) is 0 Å². The number of piperidine rings is 1. The molecule has 1 fully saturated rings. The lowest BCUT2D eigenvalue weighted by molar-refractivity contribution is 0.379.